The fraction of sp³-hybridized carbons (Fsp3) is 0.0625. The third kappa shape index (κ3) is 3.25. The third-order valence-electron chi connectivity index (χ3n) is 3.11. The fourth-order valence-corrected chi connectivity index (χ4v) is 2.89. The number of thioether (sulfide) groups is 1. The van der Waals surface area contributed by atoms with E-state index in [0.717, 1.165) is 16.3 Å². The minimum absolute atomic E-state index is 0.304. The summed E-state index contributed by atoms with van der Waals surface area (Å²) in [5, 5.41) is 0. The molecule has 2 aromatic carbocycles. The van der Waals surface area contributed by atoms with Crippen molar-refractivity contribution in [1.29, 1.82) is 0 Å². The Balaban J connectivity index is 1.68. The number of aromatic nitrogens is 2. The van der Waals surface area contributed by atoms with E-state index in [1.807, 2.05) is 22.9 Å². The summed E-state index contributed by atoms with van der Waals surface area (Å²) in [6.45, 7) is 0. The van der Waals surface area contributed by atoms with Crippen LogP contribution in [-0.4, -0.2) is 9.55 Å². The van der Waals surface area contributed by atoms with Gasteiger partial charge in [-0.05, 0) is 35.9 Å². The molecule has 0 radical (unpaired) electrons. The van der Waals surface area contributed by atoms with Crippen LogP contribution in [0.15, 0.2) is 66.1 Å². The number of nitrogens with zero attached hydrogens (tertiary/aromatic N) is 2. The van der Waals surface area contributed by atoms with Crippen molar-refractivity contribution in [2.45, 2.75) is 10.6 Å². The Labute approximate surface area is 126 Å². The van der Waals surface area contributed by atoms with Gasteiger partial charge in [0.25, 0.3) is 0 Å². The van der Waals surface area contributed by atoms with Gasteiger partial charge in [0, 0.05) is 34.4 Å². The summed E-state index contributed by atoms with van der Waals surface area (Å²) in [6, 6.07) is 12.7. The number of anilines is 1. The predicted octanol–water partition coefficient (Wildman–Crippen LogP) is 3.89. The smallest absolute Gasteiger partial charge is 0.125 e. The predicted molar refractivity (Wildman–Crippen MR) is 83.9 cm³/mol. The Morgan fingerprint density at radius 2 is 1.95 bits per heavy atom. The van der Waals surface area contributed by atoms with Gasteiger partial charge >= 0.3 is 0 Å². The number of hydrogen-bond acceptors (Lipinski definition) is 3. The molecule has 0 aliphatic rings. The first-order valence-electron chi connectivity index (χ1n) is 6.47. The molecule has 0 fully saturated rings. The van der Waals surface area contributed by atoms with Crippen LogP contribution >= 0.6 is 11.8 Å². The average molecular weight is 299 g/mol. The van der Waals surface area contributed by atoms with E-state index in [0.29, 0.717) is 5.69 Å². The van der Waals surface area contributed by atoms with E-state index in [2.05, 4.69) is 17.1 Å². The average Bonchev–Trinajstić information content (AvgIpc) is 3.01. The summed E-state index contributed by atoms with van der Waals surface area (Å²) >= 11 is 1.60. The Bertz CT molecular complexity index is 724. The van der Waals surface area contributed by atoms with Gasteiger partial charge in [0.1, 0.15) is 5.82 Å². The molecular formula is C16H14FN3S. The van der Waals surface area contributed by atoms with Crippen molar-refractivity contribution in [2.75, 3.05) is 5.73 Å². The van der Waals surface area contributed by atoms with Gasteiger partial charge in [-0.15, -0.1) is 11.8 Å². The molecule has 2 N–H and O–H groups in total. The Kier molecular flexibility index (Phi) is 3.92. The molecule has 1 aromatic heterocycles. The van der Waals surface area contributed by atoms with Crippen LogP contribution in [0.5, 0.6) is 0 Å². The van der Waals surface area contributed by atoms with E-state index in [9.17, 15) is 4.39 Å². The monoisotopic (exact) mass is 299 g/mol. The van der Waals surface area contributed by atoms with Crippen LogP contribution in [0.4, 0.5) is 10.1 Å². The minimum atomic E-state index is -0.304. The first-order chi connectivity index (χ1) is 10.2. The van der Waals surface area contributed by atoms with Crippen molar-refractivity contribution < 1.29 is 4.39 Å². The maximum absolute atomic E-state index is 13.0. The van der Waals surface area contributed by atoms with Crippen LogP contribution in [-0.2, 0) is 5.75 Å². The zero-order valence-corrected chi connectivity index (χ0v) is 12.1. The molecule has 0 aliphatic carbocycles. The van der Waals surface area contributed by atoms with Crippen LogP contribution in [0.1, 0.15) is 5.56 Å². The summed E-state index contributed by atoms with van der Waals surface area (Å²) in [4.78, 5) is 4.93. The van der Waals surface area contributed by atoms with Crippen LogP contribution in [0, 0.1) is 5.82 Å². The molecular weight excluding hydrogens is 285 g/mol. The molecule has 0 amide bonds. The lowest BCUT2D eigenvalue weighted by molar-refractivity contribution is 0.627. The first kappa shape index (κ1) is 13.7. The number of hydrogen-bond donors (Lipinski definition) is 1. The molecule has 3 nitrogen and oxygen atoms in total. The second-order valence-corrected chi connectivity index (χ2v) is 5.62. The van der Waals surface area contributed by atoms with Gasteiger partial charge in [0.2, 0.25) is 0 Å². The molecule has 3 aromatic rings. The van der Waals surface area contributed by atoms with Gasteiger partial charge in [0.15, 0.2) is 0 Å². The highest BCUT2D eigenvalue weighted by atomic mass is 32.2. The highest BCUT2D eigenvalue weighted by Crippen LogP contribution is 2.28. The van der Waals surface area contributed by atoms with Gasteiger partial charge in [-0.2, -0.15) is 0 Å². The van der Waals surface area contributed by atoms with Gasteiger partial charge in [0.05, 0.1) is 6.33 Å². The lowest BCUT2D eigenvalue weighted by atomic mass is 10.2. The zero-order valence-electron chi connectivity index (χ0n) is 11.2. The van der Waals surface area contributed by atoms with Crippen molar-refractivity contribution >= 4 is 17.4 Å². The largest absolute Gasteiger partial charge is 0.398 e. The van der Waals surface area contributed by atoms with Crippen molar-refractivity contribution in [3.8, 4) is 5.69 Å². The molecule has 0 saturated carbocycles. The van der Waals surface area contributed by atoms with E-state index >= 15 is 0 Å². The Morgan fingerprint density at radius 1 is 1.14 bits per heavy atom. The van der Waals surface area contributed by atoms with Crippen LogP contribution in [0.25, 0.3) is 5.69 Å². The summed E-state index contributed by atoms with van der Waals surface area (Å²) in [7, 11) is 0. The molecule has 0 atom stereocenters. The highest BCUT2D eigenvalue weighted by molar-refractivity contribution is 7.98. The molecule has 5 heteroatoms. The van der Waals surface area contributed by atoms with E-state index in [1.54, 1.807) is 30.4 Å². The number of imidazole rings is 1. The molecule has 0 bridgehead atoms. The summed E-state index contributed by atoms with van der Waals surface area (Å²) in [5.74, 6) is 0.488. The third-order valence-corrected chi connectivity index (χ3v) is 4.27. The summed E-state index contributed by atoms with van der Waals surface area (Å²) in [6.07, 6.45) is 5.42. The molecule has 106 valence electrons. The molecule has 0 spiro atoms. The lowest BCUT2D eigenvalue weighted by Gasteiger charge is -2.07. The van der Waals surface area contributed by atoms with Crippen molar-refractivity contribution in [3.63, 3.8) is 0 Å². The summed E-state index contributed by atoms with van der Waals surface area (Å²) in [5.41, 5.74) is 8.54. The van der Waals surface area contributed by atoms with Gasteiger partial charge < -0.3 is 10.3 Å². The summed E-state index contributed by atoms with van der Waals surface area (Å²) < 4.78 is 14.9. The number of nitrogen functional groups attached to an aromatic ring is 1. The number of rotatable bonds is 4. The van der Waals surface area contributed by atoms with Gasteiger partial charge in [-0.1, -0.05) is 12.1 Å². The second kappa shape index (κ2) is 6.01. The van der Waals surface area contributed by atoms with Crippen LogP contribution in [0.3, 0.4) is 0 Å². The van der Waals surface area contributed by atoms with E-state index in [4.69, 9.17) is 5.73 Å². The second-order valence-electron chi connectivity index (χ2n) is 4.61. The van der Waals surface area contributed by atoms with Crippen LogP contribution in [0.2, 0.25) is 0 Å². The number of halogens is 1. The van der Waals surface area contributed by atoms with Crippen LogP contribution < -0.4 is 5.73 Å². The molecule has 1 heterocycles. The standard InChI is InChI=1S/C16H14FN3S/c17-13-3-6-16(15(18)9-13)21-10-12-1-4-14(5-2-12)20-8-7-19-11-20/h1-9,11H,10,18H2. The first-order valence-corrected chi connectivity index (χ1v) is 7.46. The maximum Gasteiger partial charge on any atom is 0.125 e. The number of benzene rings is 2. The van der Waals surface area contributed by atoms with Crippen molar-refractivity contribution in [3.05, 3.63) is 72.6 Å². The van der Waals surface area contributed by atoms with Crippen molar-refractivity contribution in [2.24, 2.45) is 0 Å². The highest BCUT2D eigenvalue weighted by Gasteiger charge is 2.03. The SMILES string of the molecule is Nc1cc(F)ccc1SCc1ccc(-n2ccnc2)cc1. The minimum Gasteiger partial charge on any atom is -0.398 e. The van der Waals surface area contributed by atoms with E-state index < -0.39 is 0 Å². The lowest BCUT2D eigenvalue weighted by Crippen LogP contribution is -1.92. The molecule has 3 rings (SSSR count). The maximum atomic E-state index is 13.0. The number of nitrogens with two attached hydrogens (primary N) is 1. The molecule has 0 saturated heterocycles. The topological polar surface area (TPSA) is 43.8 Å². The van der Waals surface area contributed by atoms with E-state index in [1.165, 1.54) is 17.7 Å². The molecule has 21 heavy (non-hydrogen) atoms. The fourth-order valence-electron chi connectivity index (χ4n) is 1.99. The van der Waals surface area contributed by atoms with Crippen molar-refractivity contribution in [1.82, 2.24) is 9.55 Å². The van der Waals surface area contributed by atoms with Gasteiger partial charge in [-0.25, -0.2) is 9.37 Å². The Morgan fingerprint density at radius 3 is 2.62 bits per heavy atom. The quantitative estimate of drug-likeness (QED) is 0.587. The zero-order chi connectivity index (χ0) is 14.7. The van der Waals surface area contributed by atoms with E-state index in [-0.39, 0.29) is 5.82 Å². The van der Waals surface area contributed by atoms with Gasteiger partial charge in [-0.3, -0.25) is 0 Å². The molecule has 0 unspecified atom stereocenters. The molecule has 0 aliphatic heterocycles. The normalized spacial score (nSPS) is 10.7. The Hall–Kier alpha value is -2.27.